The van der Waals surface area contributed by atoms with Crippen molar-refractivity contribution in [2.24, 2.45) is 0 Å². The van der Waals surface area contributed by atoms with Gasteiger partial charge < -0.3 is 15.0 Å². The summed E-state index contributed by atoms with van der Waals surface area (Å²) in [6, 6.07) is 22.7. The van der Waals surface area contributed by atoms with Crippen LogP contribution in [-0.4, -0.2) is 57.1 Å². The average molecular weight is 614 g/mol. The number of rotatable bonds is 15. The molecule has 3 aromatic rings. The molecule has 0 saturated heterocycles. The molecule has 3 rings (SSSR count). The van der Waals surface area contributed by atoms with Gasteiger partial charge in [0, 0.05) is 43.1 Å². The summed E-state index contributed by atoms with van der Waals surface area (Å²) in [6.07, 6.45) is 2.50. The first-order valence-electron chi connectivity index (χ1n) is 14.0. The molecule has 0 aliphatic rings. The summed E-state index contributed by atoms with van der Waals surface area (Å²) in [5, 5.41) is 3.58. The van der Waals surface area contributed by atoms with Gasteiger partial charge in [-0.3, -0.25) is 13.9 Å². The maximum atomic E-state index is 13.9. The molecule has 2 atom stereocenters. The van der Waals surface area contributed by atoms with E-state index in [1.807, 2.05) is 56.3 Å². The molecule has 8 nitrogen and oxygen atoms in total. The molecule has 0 spiro atoms. The van der Waals surface area contributed by atoms with Crippen LogP contribution in [0.2, 0.25) is 5.02 Å². The van der Waals surface area contributed by atoms with Crippen molar-refractivity contribution in [3.63, 3.8) is 0 Å². The number of carbonyl (C=O) groups excluding carboxylic acids is 2. The number of halogens is 1. The Balaban J connectivity index is 1.89. The third-order valence-electron chi connectivity index (χ3n) is 7.01. The van der Waals surface area contributed by atoms with Crippen LogP contribution in [0.5, 0.6) is 5.75 Å². The van der Waals surface area contributed by atoms with Gasteiger partial charge in [0.05, 0.1) is 19.1 Å². The van der Waals surface area contributed by atoms with Crippen LogP contribution in [0.4, 0.5) is 5.69 Å². The van der Waals surface area contributed by atoms with E-state index in [9.17, 15) is 18.0 Å². The van der Waals surface area contributed by atoms with Crippen LogP contribution in [0, 0.1) is 0 Å². The Labute approximate surface area is 254 Å². The van der Waals surface area contributed by atoms with Gasteiger partial charge >= 0.3 is 0 Å². The van der Waals surface area contributed by atoms with Gasteiger partial charge in [-0.2, -0.15) is 0 Å². The highest BCUT2D eigenvalue weighted by Gasteiger charge is 2.31. The number of anilines is 1. The SMILES string of the molecule is CC[C@H](C)NC(=O)[C@@H](Cc1ccccc1)N(Cc1cccc(Cl)c1)C(=O)CCCN(c1cccc(OC)c1)S(C)(=O)=O. The van der Waals surface area contributed by atoms with Crippen molar-refractivity contribution < 1.29 is 22.7 Å². The van der Waals surface area contributed by atoms with E-state index in [-0.39, 0.29) is 43.8 Å². The normalized spacial score (nSPS) is 12.7. The van der Waals surface area contributed by atoms with Crippen molar-refractivity contribution in [2.45, 2.75) is 58.2 Å². The highest BCUT2D eigenvalue weighted by molar-refractivity contribution is 7.92. The molecule has 3 aromatic carbocycles. The Bertz CT molecular complexity index is 1430. The second-order valence-electron chi connectivity index (χ2n) is 10.3. The quantitative estimate of drug-likeness (QED) is 0.246. The number of sulfonamides is 1. The molecule has 0 aromatic heterocycles. The van der Waals surface area contributed by atoms with E-state index in [4.69, 9.17) is 16.3 Å². The van der Waals surface area contributed by atoms with Crippen molar-refractivity contribution in [2.75, 3.05) is 24.2 Å². The molecule has 0 aliphatic carbocycles. The van der Waals surface area contributed by atoms with E-state index in [0.717, 1.165) is 23.8 Å². The zero-order valence-electron chi connectivity index (χ0n) is 24.6. The summed E-state index contributed by atoms with van der Waals surface area (Å²) < 4.78 is 31.9. The number of hydrogen-bond donors (Lipinski definition) is 1. The summed E-state index contributed by atoms with van der Waals surface area (Å²) in [7, 11) is -2.11. The third kappa shape index (κ3) is 9.77. The van der Waals surface area contributed by atoms with Crippen molar-refractivity contribution in [3.05, 3.63) is 95.0 Å². The van der Waals surface area contributed by atoms with Crippen LogP contribution < -0.4 is 14.4 Å². The lowest BCUT2D eigenvalue weighted by Crippen LogP contribution is -2.52. The molecule has 2 amide bonds. The number of amides is 2. The van der Waals surface area contributed by atoms with Gasteiger partial charge in [0.2, 0.25) is 21.8 Å². The number of methoxy groups -OCH3 is 1. The second kappa shape index (κ2) is 15.6. The van der Waals surface area contributed by atoms with Gasteiger partial charge in [-0.05, 0) is 55.2 Å². The van der Waals surface area contributed by atoms with Gasteiger partial charge in [0.15, 0.2) is 0 Å². The molecule has 1 N–H and O–H groups in total. The van der Waals surface area contributed by atoms with Crippen LogP contribution in [0.25, 0.3) is 0 Å². The number of benzene rings is 3. The van der Waals surface area contributed by atoms with Crippen molar-refractivity contribution in [1.29, 1.82) is 0 Å². The Morgan fingerprint density at radius 1 is 0.976 bits per heavy atom. The topological polar surface area (TPSA) is 96.0 Å². The van der Waals surface area contributed by atoms with Gasteiger partial charge in [-0.15, -0.1) is 0 Å². The number of carbonyl (C=O) groups is 2. The third-order valence-corrected chi connectivity index (χ3v) is 8.44. The monoisotopic (exact) mass is 613 g/mol. The van der Waals surface area contributed by atoms with E-state index in [1.54, 1.807) is 41.3 Å². The number of ether oxygens (including phenoxy) is 1. The molecule has 0 saturated carbocycles. The van der Waals surface area contributed by atoms with Crippen molar-refractivity contribution in [3.8, 4) is 5.75 Å². The lowest BCUT2D eigenvalue weighted by Gasteiger charge is -2.32. The van der Waals surface area contributed by atoms with Crippen molar-refractivity contribution >= 4 is 39.1 Å². The van der Waals surface area contributed by atoms with Crippen molar-refractivity contribution in [1.82, 2.24) is 10.2 Å². The predicted octanol–water partition coefficient (Wildman–Crippen LogP) is 5.45. The summed E-state index contributed by atoms with van der Waals surface area (Å²) in [4.78, 5) is 29.2. The Kier molecular flexibility index (Phi) is 12.2. The Morgan fingerprint density at radius 2 is 1.67 bits per heavy atom. The standard InChI is InChI=1S/C32H40ClN3O5S/c1-5-24(2)34-32(38)30(21-25-12-7-6-8-13-25)35(23-26-14-9-15-27(33)20-26)31(37)18-11-19-36(42(4,39)40)28-16-10-17-29(22-28)41-3/h6-10,12-17,20,22,24,30H,5,11,18-19,21,23H2,1-4H3,(H,34,38)/t24-,30+/m0/s1. The maximum absolute atomic E-state index is 13.9. The molecule has 0 bridgehead atoms. The maximum Gasteiger partial charge on any atom is 0.243 e. The lowest BCUT2D eigenvalue weighted by molar-refractivity contribution is -0.141. The van der Waals surface area contributed by atoms with Gasteiger partial charge in [-0.25, -0.2) is 8.42 Å². The zero-order chi connectivity index (χ0) is 30.7. The Morgan fingerprint density at radius 3 is 2.31 bits per heavy atom. The molecule has 10 heteroatoms. The summed E-state index contributed by atoms with van der Waals surface area (Å²) in [5.74, 6) is 0.0352. The van der Waals surface area contributed by atoms with Gasteiger partial charge in [0.25, 0.3) is 0 Å². The minimum absolute atomic E-state index is 0.0401. The number of nitrogens with zero attached hydrogens (tertiary/aromatic N) is 2. The van der Waals surface area contributed by atoms with Gasteiger partial charge in [0.1, 0.15) is 11.8 Å². The van der Waals surface area contributed by atoms with Crippen LogP contribution in [0.3, 0.4) is 0 Å². The van der Waals surface area contributed by atoms with E-state index < -0.39 is 16.1 Å². The lowest BCUT2D eigenvalue weighted by atomic mass is 10.0. The van der Waals surface area contributed by atoms with E-state index in [2.05, 4.69) is 5.32 Å². The predicted molar refractivity (Wildman–Crippen MR) is 168 cm³/mol. The second-order valence-corrected chi connectivity index (χ2v) is 12.7. The highest BCUT2D eigenvalue weighted by Crippen LogP contribution is 2.24. The first kappa shape index (κ1) is 32.9. The summed E-state index contributed by atoms with van der Waals surface area (Å²) >= 11 is 6.25. The van der Waals surface area contributed by atoms with Crippen LogP contribution in [-0.2, 0) is 32.6 Å². The molecule has 0 heterocycles. The van der Waals surface area contributed by atoms with E-state index in [1.165, 1.54) is 11.4 Å². The highest BCUT2D eigenvalue weighted by atomic mass is 35.5. The Hall–Kier alpha value is -3.56. The molecule has 42 heavy (non-hydrogen) atoms. The molecule has 0 aliphatic heterocycles. The smallest absolute Gasteiger partial charge is 0.243 e. The zero-order valence-corrected chi connectivity index (χ0v) is 26.2. The van der Waals surface area contributed by atoms with E-state index in [0.29, 0.717) is 22.9 Å². The average Bonchev–Trinajstić information content (AvgIpc) is 2.96. The molecule has 226 valence electrons. The van der Waals surface area contributed by atoms with Crippen LogP contribution in [0.15, 0.2) is 78.9 Å². The van der Waals surface area contributed by atoms with E-state index >= 15 is 0 Å². The molecule has 0 fully saturated rings. The van der Waals surface area contributed by atoms with Crippen LogP contribution in [0.1, 0.15) is 44.2 Å². The molecule has 0 radical (unpaired) electrons. The fourth-order valence-corrected chi connectivity index (χ4v) is 5.77. The fourth-order valence-electron chi connectivity index (χ4n) is 4.60. The minimum atomic E-state index is -3.63. The largest absolute Gasteiger partial charge is 0.497 e. The molecule has 0 unspecified atom stereocenters. The first-order valence-corrected chi connectivity index (χ1v) is 16.2. The molecular formula is C32H40ClN3O5S. The minimum Gasteiger partial charge on any atom is -0.497 e. The number of hydrogen-bond acceptors (Lipinski definition) is 5. The molecular weight excluding hydrogens is 574 g/mol. The fraction of sp³-hybridized carbons (Fsp3) is 0.375. The number of nitrogens with one attached hydrogen (secondary N) is 1. The summed E-state index contributed by atoms with van der Waals surface area (Å²) in [6.45, 7) is 4.18. The van der Waals surface area contributed by atoms with Gasteiger partial charge in [-0.1, -0.05) is 67.1 Å². The van der Waals surface area contributed by atoms with Crippen LogP contribution >= 0.6 is 11.6 Å². The first-order chi connectivity index (χ1) is 20.0. The summed E-state index contributed by atoms with van der Waals surface area (Å²) in [5.41, 5.74) is 2.17.